The second-order valence-corrected chi connectivity index (χ2v) is 2.62. The highest BCUT2D eigenvalue weighted by Gasteiger charge is 1.94. The van der Waals surface area contributed by atoms with E-state index in [1.807, 2.05) is 0 Å². The van der Waals surface area contributed by atoms with Gasteiger partial charge in [-0.2, -0.15) is 0 Å². The molecule has 0 spiro atoms. The zero-order chi connectivity index (χ0) is 12.6. The van der Waals surface area contributed by atoms with E-state index in [1.54, 1.807) is 12.2 Å². The van der Waals surface area contributed by atoms with Gasteiger partial charge >= 0.3 is 0 Å². The number of rotatable bonds is 3. The van der Waals surface area contributed by atoms with Crippen molar-refractivity contribution in [1.29, 1.82) is 0 Å². The van der Waals surface area contributed by atoms with Gasteiger partial charge in [-0.05, 0) is 11.1 Å². The molecule has 4 nitrogen and oxygen atoms in total. The third-order valence-electron chi connectivity index (χ3n) is 1.52. The highest BCUT2D eigenvalue weighted by atomic mass is 16.4. The standard InChI is InChI=1S/C8H6O4.C4H6/c9-7(10)5-1-2-6(4-3-5)8(11)12;1-3-4-2/h1-4H,(H,9,10)(H,11,12);3-4H,1-2H2/p-2. The number of carboxylic acids is 2. The molecule has 0 aromatic heterocycles. The van der Waals surface area contributed by atoms with Crippen LogP contribution in [0.15, 0.2) is 49.6 Å². The molecule has 0 amide bonds. The van der Waals surface area contributed by atoms with E-state index < -0.39 is 11.9 Å². The number of carboxylic acid groups (broad SMARTS) is 2. The van der Waals surface area contributed by atoms with Crippen LogP contribution in [0.2, 0.25) is 0 Å². The lowest BCUT2D eigenvalue weighted by atomic mass is 10.1. The van der Waals surface area contributed by atoms with Gasteiger partial charge in [0.15, 0.2) is 0 Å². The summed E-state index contributed by atoms with van der Waals surface area (Å²) in [6.07, 6.45) is 3.28. The topological polar surface area (TPSA) is 80.3 Å². The Labute approximate surface area is 93.2 Å². The van der Waals surface area contributed by atoms with Crippen LogP contribution in [-0.4, -0.2) is 11.9 Å². The molecule has 0 heterocycles. The average Bonchev–Trinajstić information content (AvgIpc) is 2.29. The van der Waals surface area contributed by atoms with E-state index in [-0.39, 0.29) is 11.1 Å². The Hall–Kier alpha value is -2.36. The van der Waals surface area contributed by atoms with Crippen LogP contribution in [0.4, 0.5) is 0 Å². The number of aromatic carboxylic acids is 2. The zero-order valence-electron chi connectivity index (χ0n) is 8.51. The Morgan fingerprint density at radius 2 is 1.12 bits per heavy atom. The molecule has 4 heteroatoms. The van der Waals surface area contributed by atoms with E-state index in [0.29, 0.717) is 0 Å². The molecule has 0 aliphatic carbocycles. The van der Waals surface area contributed by atoms with E-state index in [1.165, 1.54) is 0 Å². The summed E-state index contributed by atoms with van der Waals surface area (Å²) in [6, 6.07) is 4.61. The second kappa shape index (κ2) is 7.00. The highest BCUT2D eigenvalue weighted by molar-refractivity contribution is 5.89. The molecule has 0 unspecified atom stereocenters. The van der Waals surface area contributed by atoms with Crippen molar-refractivity contribution in [3.05, 3.63) is 60.7 Å². The van der Waals surface area contributed by atoms with Crippen LogP contribution in [-0.2, 0) is 0 Å². The molecular formula is C12H10O4-2. The van der Waals surface area contributed by atoms with Crippen LogP contribution in [0.3, 0.4) is 0 Å². The predicted molar refractivity (Wildman–Crippen MR) is 55.5 cm³/mol. The molecule has 0 radical (unpaired) electrons. The molecule has 1 aromatic rings. The minimum absolute atomic E-state index is 0.0556. The summed E-state index contributed by atoms with van der Waals surface area (Å²) in [7, 11) is 0. The number of carbonyl (C=O) groups excluding carboxylic acids is 2. The fraction of sp³-hybridized carbons (Fsp3) is 0. The molecule has 0 atom stereocenters. The first-order valence-electron chi connectivity index (χ1n) is 4.29. The third kappa shape index (κ3) is 4.76. The van der Waals surface area contributed by atoms with Gasteiger partial charge in [-0.1, -0.05) is 49.6 Å². The van der Waals surface area contributed by atoms with Crippen molar-refractivity contribution in [3.63, 3.8) is 0 Å². The SMILES string of the molecule is C=CC=C.O=C([O-])c1ccc(C(=O)[O-])cc1. The highest BCUT2D eigenvalue weighted by Crippen LogP contribution is 2.01. The van der Waals surface area contributed by atoms with Gasteiger partial charge in [0.2, 0.25) is 0 Å². The number of carbonyl (C=O) groups is 2. The monoisotopic (exact) mass is 218 g/mol. The molecule has 0 fully saturated rings. The first kappa shape index (κ1) is 13.6. The summed E-state index contributed by atoms with van der Waals surface area (Å²) >= 11 is 0. The minimum atomic E-state index is -1.33. The summed E-state index contributed by atoms with van der Waals surface area (Å²) in [6.45, 7) is 6.72. The van der Waals surface area contributed by atoms with Gasteiger partial charge in [0.25, 0.3) is 0 Å². The summed E-state index contributed by atoms with van der Waals surface area (Å²) in [5.41, 5.74) is -0.111. The lowest BCUT2D eigenvalue weighted by Crippen LogP contribution is -2.24. The normalized spacial score (nSPS) is 8.25. The molecule has 0 aliphatic rings. The number of benzene rings is 1. The number of allylic oxidation sites excluding steroid dienone is 2. The van der Waals surface area contributed by atoms with E-state index in [9.17, 15) is 19.8 Å². The van der Waals surface area contributed by atoms with Crippen molar-refractivity contribution in [1.82, 2.24) is 0 Å². The van der Waals surface area contributed by atoms with Crippen molar-refractivity contribution in [2.24, 2.45) is 0 Å². The lowest BCUT2D eigenvalue weighted by Gasteiger charge is -2.04. The predicted octanol–water partition coefficient (Wildman–Crippen LogP) is -0.228. The zero-order valence-corrected chi connectivity index (χ0v) is 8.51. The van der Waals surface area contributed by atoms with Gasteiger partial charge in [0, 0.05) is 0 Å². The fourth-order valence-electron chi connectivity index (χ4n) is 0.742. The molecule has 1 rings (SSSR count). The van der Waals surface area contributed by atoms with Gasteiger partial charge < -0.3 is 19.8 Å². The third-order valence-corrected chi connectivity index (χ3v) is 1.52. The molecule has 0 saturated heterocycles. The lowest BCUT2D eigenvalue weighted by molar-refractivity contribution is -0.256. The molecule has 0 aliphatic heterocycles. The molecule has 16 heavy (non-hydrogen) atoms. The van der Waals surface area contributed by atoms with Crippen molar-refractivity contribution in [3.8, 4) is 0 Å². The maximum atomic E-state index is 10.2. The Morgan fingerprint density at radius 3 is 1.25 bits per heavy atom. The smallest absolute Gasteiger partial charge is 0.0715 e. The molecule has 0 saturated carbocycles. The molecule has 0 bridgehead atoms. The Morgan fingerprint density at radius 1 is 0.875 bits per heavy atom. The maximum absolute atomic E-state index is 10.2. The minimum Gasteiger partial charge on any atom is -0.545 e. The van der Waals surface area contributed by atoms with Crippen molar-refractivity contribution < 1.29 is 19.8 Å². The largest absolute Gasteiger partial charge is 0.545 e. The first-order valence-corrected chi connectivity index (χ1v) is 4.29. The van der Waals surface area contributed by atoms with Gasteiger partial charge in [-0.3, -0.25) is 0 Å². The quantitative estimate of drug-likeness (QED) is 0.656. The van der Waals surface area contributed by atoms with Crippen LogP contribution < -0.4 is 10.2 Å². The van der Waals surface area contributed by atoms with Crippen LogP contribution in [0, 0.1) is 0 Å². The van der Waals surface area contributed by atoms with Crippen molar-refractivity contribution in [2.75, 3.05) is 0 Å². The summed E-state index contributed by atoms with van der Waals surface area (Å²) in [5, 5.41) is 20.4. The van der Waals surface area contributed by atoms with Crippen molar-refractivity contribution >= 4 is 11.9 Å². The van der Waals surface area contributed by atoms with Gasteiger partial charge in [-0.15, -0.1) is 0 Å². The summed E-state index contributed by atoms with van der Waals surface area (Å²) in [4.78, 5) is 20.4. The maximum Gasteiger partial charge on any atom is 0.0715 e. The molecule has 84 valence electrons. The van der Waals surface area contributed by atoms with Crippen LogP contribution in [0.1, 0.15) is 20.7 Å². The van der Waals surface area contributed by atoms with Gasteiger partial charge in [0.05, 0.1) is 11.9 Å². The second-order valence-electron chi connectivity index (χ2n) is 2.62. The van der Waals surface area contributed by atoms with E-state index >= 15 is 0 Å². The number of hydrogen-bond acceptors (Lipinski definition) is 4. The van der Waals surface area contributed by atoms with Crippen LogP contribution >= 0.6 is 0 Å². The van der Waals surface area contributed by atoms with E-state index in [0.717, 1.165) is 24.3 Å². The van der Waals surface area contributed by atoms with Gasteiger partial charge in [-0.25, -0.2) is 0 Å². The average molecular weight is 218 g/mol. The van der Waals surface area contributed by atoms with E-state index in [2.05, 4.69) is 13.2 Å². The molecule has 1 aromatic carbocycles. The Bertz CT molecular complexity index is 351. The number of hydrogen-bond donors (Lipinski definition) is 0. The van der Waals surface area contributed by atoms with E-state index in [4.69, 9.17) is 0 Å². The van der Waals surface area contributed by atoms with Crippen molar-refractivity contribution in [2.45, 2.75) is 0 Å². The molecule has 0 N–H and O–H groups in total. The summed E-state index contributed by atoms with van der Waals surface area (Å²) in [5.74, 6) is -2.67. The first-order chi connectivity index (χ1) is 7.52. The Kier molecular flexibility index (Phi) is 5.97. The molecular weight excluding hydrogens is 208 g/mol. The summed E-state index contributed by atoms with van der Waals surface area (Å²) < 4.78 is 0. The van der Waals surface area contributed by atoms with Crippen LogP contribution in [0.25, 0.3) is 0 Å². The van der Waals surface area contributed by atoms with Crippen LogP contribution in [0.5, 0.6) is 0 Å². The Balaban J connectivity index is 0.000000487. The fourth-order valence-corrected chi connectivity index (χ4v) is 0.742. The van der Waals surface area contributed by atoms with Gasteiger partial charge in [0.1, 0.15) is 0 Å².